The molecule has 0 bridgehead atoms. The van der Waals surface area contributed by atoms with Gasteiger partial charge in [0.05, 0.1) is 12.7 Å². The molecule has 0 spiro atoms. The van der Waals surface area contributed by atoms with Gasteiger partial charge >= 0.3 is 0 Å². The minimum absolute atomic E-state index is 0.0241. The van der Waals surface area contributed by atoms with Crippen molar-refractivity contribution in [2.24, 2.45) is 16.8 Å². The van der Waals surface area contributed by atoms with Crippen LogP contribution < -0.4 is 5.73 Å². The lowest BCUT2D eigenvalue weighted by Crippen LogP contribution is -2.26. The molecular formula is C8H18N2O2. The number of nitrogens with two attached hydrogens (primary N) is 1. The zero-order valence-electron chi connectivity index (χ0n) is 7.95. The number of oxime groups is 1. The van der Waals surface area contributed by atoms with Gasteiger partial charge in [0.1, 0.15) is 5.84 Å². The van der Waals surface area contributed by atoms with Crippen molar-refractivity contribution >= 4 is 5.84 Å². The highest BCUT2D eigenvalue weighted by Gasteiger charge is 2.09. The van der Waals surface area contributed by atoms with Crippen LogP contribution in [-0.2, 0) is 4.74 Å². The smallest absolute Gasteiger partial charge is 0.144 e. The highest BCUT2D eigenvalue weighted by Crippen LogP contribution is 2.01. The van der Waals surface area contributed by atoms with Gasteiger partial charge in [-0.15, -0.1) is 0 Å². The molecule has 0 heterocycles. The third kappa shape index (κ3) is 4.18. The molecule has 4 nitrogen and oxygen atoms in total. The van der Waals surface area contributed by atoms with Gasteiger partial charge in [0, 0.05) is 5.92 Å². The molecule has 0 rings (SSSR count). The Balaban J connectivity index is 3.64. The predicted octanol–water partition coefficient (Wildman–Crippen LogP) is 1.18. The van der Waals surface area contributed by atoms with E-state index < -0.39 is 0 Å². The molecule has 4 heteroatoms. The van der Waals surface area contributed by atoms with Gasteiger partial charge in [0.15, 0.2) is 0 Å². The van der Waals surface area contributed by atoms with Gasteiger partial charge in [0.25, 0.3) is 0 Å². The van der Waals surface area contributed by atoms with Crippen LogP contribution in [-0.4, -0.2) is 23.8 Å². The topological polar surface area (TPSA) is 67.8 Å². The van der Waals surface area contributed by atoms with E-state index in [0.717, 1.165) is 6.42 Å². The molecular weight excluding hydrogens is 156 g/mol. The van der Waals surface area contributed by atoms with Crippen molar-refractivity contribution in [2.45, 2.75) is 33.3 Å². The Kier molecular flexibility index (Phi) is 5.45. The molecule has 0 saturated heterocycles. The second-order valence-corrected chi connectivity index (χ2v) is 2.98. The molecule has 0 radical (unpaired) electrons. The van der Waals surface area contributed by atoms with Crippen molar-refractivity contribution in [1.29, 1.82) is 0 Å². The molecule has 0 aromatic carbocycles. The molecule has 0 aromatic heterocycles. The Labute approximate surface area is 73.4 Å². The molecule has 72 valence electrons. The van der Waals surface area contributed by atoms with Crippen LogP contribution in [0.15, 0.2) is 5.16 Å². The summed E-state index contributed by atoms with van der Waals surface area (Å²) in [5, 5.41) is 11.2. The van der Waals surface area contributed by atoms with Crippen molar-refractivity contribution < 1.29 is 9.94 Å². The van der Waals surface area contributed by atoms with E-state index in [1.54, 1.807) is 0 Å². The third-order valence-electron chi connectivity index (χ3n) is 1.83. The first-order valence-corrected chi connectivity index (χ1v) is 4.20. The van der Waals surface area contributed by atoms with Crippen LogP contribution in [0.4, 0.5) is 0 Å². The van der Waals surface area contributed by atoms with Crippen LogP contribution in [0, 0.1) is 5.92 Å². The summed E-state index contributed by atoms with van der Waals surface area (Å²) in [6.45, 7) is 6.42. The molecule has 0 amide bonds. The maximum atomic E-state index is 8.34. The Morgan fingerprint density at radius 2 is 2.17 bits per heavy atom. The molecule has 12 heavy (non-hydrogen) atoms. The van der Waals surface area contributed by atoms with E-state index in [9.17, 15) is 0 Å². The van der Waals surface area contributed by atoms with E-state index in [0.29, 0.717) is 6.61 Å². The molecule has 0 saturated carbocycles. The van der Waals surface area contributed by atoms with Crippen molar-refractivity contribution in [2.75, 3.05) is 6.61 Å². The second-order valence-electron chi connectivity index (χ2n) is 2.98. The first kappa shape index (κ1) is 11.2. The van der Waals surface area contributed by atoms with E-state index in [1.807, 2.05) is 13.8 Å². The van der Waals surface area contributed by atoms with Crippen LogP contribution >= 0.6 is 0 Å². The standard InChI is InChI=1S/C8H18N2O2/c1-4-7(3)12-5-6(2)8(9)10-11/h6-7,11H,4-5H2,1-3H3,(H2,9,10). The number of ether oxygens (including phenoxy) is 1. The first-order valence-electron chi connectivity index (χ1n) is 4.20. The van der Waals surface area contributed by atoms with Gasteiger partial charge in [-0.1, -0.05) is 19.0 Å². The normalized spacial score (nSPS) is 17.4. The largest absolute Gasteiger partial charge is 0.409 e. The van der Waals surface area contributed by atoms with Crippen molar-refractivity contribution in [3.05, 3.63) is 0 Å². The van der Waals surface area contributed by atoms with Gasteiger partial charge in [0.2, 0.25) is 0 Å². The molecule has 0 aromatic rings. The van der Waals surface area contributed by atoms with Crippen LogP contribution in [0.1, 0.15) is 27.2 Å². The SMILES string of the molecule is CCC(C)OCC(C)C(N)=NO. The van der Waals surface area contributed by atoms with E-state index in [1.165, 1.54) is 0 Å². The fraction of sp³-hybridized carbons (Fsp3) is 0.875. The van der Waals surface area contributed by atoms with E-state index in [2.05, 4.69) is 12.1 Å². The Bertz CT molecular complexity index is 148. The van der Waals surface area contributed by atoms with Gasteiger partial charge in [-0.05, 0) is 13.3 Å². The quantitative estimate of drug-likeness (QED) is 0.284. The van der Waals surface area contributed by atoms with Crippen molar-refractivity contribution in [1.82, 2.24) is 0 Å². The van der Waals surface area contributed by atoms with E-state index in [4.69, 9.17) is 15.7 Å². The third-order valence-corrected chi connectivity index (χ3v) is 1.83. The Morgan fingerprint density at radius 3 is 2.58 bits per heavy atom. The van der Waals surface area contributed by atoms with Gasteiger partial charge in [-0.3, -0.25) is 0 Å². The van der Waals surface area contributed by atoms with Gasteiger partial charge in [-0.2, -0.15) is 0 Å². The molecule has 0 aliphatic rings. The van der Waals surface area contributed by atoms with Gasteiger partial charge in [-0.25, -0.2) is 0 Å². The molecule has 0 fully saturated rings. The van der Waals surface area contributed by atoms with Gasteiger partial charge < -0.3 is 15.7 Å². The monoisotopic (exact) mass is 174 g/mol. The van der Waals surface area contributed by atoms with Crippen LogP contribution in [0.5, 0.6) is 0 Å². The molecule has 0 aliphatic carbocycles. The lowest BCUT2D eigenvalue weighted by atomic mass is 10.2. The zero-order chi connectivity index (χ0) is 9.56. The van der Waals surface area contributed by atoms with Crippen LogP contribution in [0.25, 0.3) is 0 Å². The maximum Gasteiger partial charge on any atom is 0.144 e. The summed E-state index contributed by atoms with van der Waals surface area (Å²) in [6.07, 6.45) is 1.21. The summed E-state index contributed by atoms with van der Waals surface area (Å²) in [5.74, 6) is 0.197. The molecule has 0 aliphatic heterocycles. The summed E-state index contributed by atoms with van der Waals surface area (Å²) in [7, 11) is 0. The number of nitrogens with zero attached hydrogens (tertiary/aromatic N) is 1. The number of hydrogen-bond donors (Lipinski definition) is 2. The summed E-state index contributed by atoms with van der Waals surface area (Å²) in [5.41, 5.74) is 5.36. The van der Waals surface area contributed by atoms with Crippen molar-refractivity contribution in [3.8, 4) is 0 Å². The lowest BCUT2D eigenvalue weighted by Gasteiger charge is -2.14. The molecule has 3 N–H and O–H groups in total. The second kappa shape index (κ2) is 5.83. The first-order chi connectivity index (χ1) is 5.61. The zero-order valence-corrected chi connectivity index (χ0v) is 7.95. The number of rotatable bonds is 5. The minimum Gasteiger partial charge on any atom is -0.409 e. The highest BCUT2D eigenvalue weighted by molar-refractivity contribution is 5.81. The summed E-state index contributed by atoms with van der Waals surface area (Å²) in [6, 6.07) is 0. The molecule has 2 unspecified atom stereocenters. The summed E-state index contributed by atoms with van der Waals surface area (Å²) < 4.78 is 5.40. The Hall–Kier alpha value is -0.770. The predicted molar refractivity (Wildman–Crippen MR) is 48.3 cm³/mol. The number of hydrogen-bond acceptors (Lipinski definition) is 3. The summed E-state index contributed by atoms with van der Waals surface area (Å²) in [4.78, 5) is 0. The molecule has 2 atom stereocenters. The Morgan fingerprint density at radius 1 is 1.58 bits per heavy atom. The fourth-order valence-corrected chi connectivity index (χ4v) is 0.610. The van der Waals surface area contributed by atoms with Crippen LogP contribution in [0.2, 0.25) is 0 Å². The summed E-state index contributed by atoms with van der Waals surface area (Å²) >= 11 is 0. The van der Waals surface area contributed by atoms with E-state index >= 15 is 0 Å². The highest BCUT2D eigenvalue weighted by atomic mass is 16.5. The average Bonchev–Trinajstić information content (AvgIpc) is 2.11. The van der Waals surface area contributed by atoms with Crippen LogP contribution in [0.3, 0.4) is 0 Å². The lowest BCUT2D eigenvalue weighted by molar-refractivity contribution is 0.0530. The fourth-order valence-electron chi connectivity index (χ4n) is 0.610. The van der Waals surface area contributed by atoms with Crippen molar-refractivity contribution in [3.63, 3.8) is 0 Å². The minimum atomic E-state index is -0.0241. The average molecular weight is 174 g/mol. The van der Waals surface area contributed by atoms with E-state index in [-0.39, 0.29) is 17.9 Å². The maximum absolute atomic E-state index is 8.34. The number of amidine groups is 1.